The fourth-order valence-corrected chi connectivity index (χ4v) is 1.88. The van der Waals surface area contributed by atoms with E-state index in [1.54, 1.807) is 12.4 Å². The maximum atomic E-state index is 12.3. The first-order chi connectivity index (χ1) is 8.81. The highest BCUT2D eigenvalue weighted by Crippen LogP contribution is 2.09. The van der Waals surface area contributed by atoms with E-state index in [4.69, 9.17) is 0 Å². The molecule has 1 amide bonds. The number of benzene rings is 1. The second kappa shape index (κ2) is 6.00. The van der Waals surface area contributed by atoms with Gasteiger partial charge in [0, 0.05) is 19.3 Å². The summed E-state index contributed by atoms with van der Waals surface area (Å²) < 4.78 is 0. The Hall–Kier alpha value is -2.10. The van der Waals surface area contributed by atoms with Crippen molar-refractivity contribution >= 4 is 5.91 Å². The predicted octanol–water partition coefficient (Wildman–Crippen LogP) is 2.46. The molecule has 1 N–H and O–H groups in total. The Morgan fingerprint density at radius 3 is 2.72 bits per heavy atom. The number of rotatable bonds is 5. The number of hydrogen-bond acceptors (Lipinski definition) is 2. The summed E-state index contributed by atoms with van der Waals surface area (Å²) in [5, 5.41) is 6.49. The molecule has 0 aliphatic rings. The van der Waals surface area contributed by atoms with Crippen molar-refractivity contribution in [1.82, 2.24) is 15.1 Å². The molecule has 0 aliphatic carbocycles. The molecule has 0 atom stereocenters. The third kappa shape index (κ3) is 2.97. The third-order valence-corrected chi connectivity index (χ3v) is 2.74. The number of aromatic nitrogens is 2. The van der Waals surface area contributed by atoms with Crippen LogP contribution in [0.4, 0.5) is 0 Å². The topological polar surface area (TPSA) is 49.0 Å². The summed E-state index contributed by atoms with van der Waals surface area (Å²) in [7, 11) is 0. The number of amides is 1. The predicted molar refractivity (Wildman–Crippen MR) is 70.1 cm³/mol. The Morgan fingerprint density at radius 1 is 1.33 bits per heavy atom. The van der Waals surface area contributed by atoms with Crippen LogP contribution in [0, 0.1) is 0 Å². The SMILES string of the molecule is CCCN(Cc1ccccc1)C(=O)c1cn[nH]c1. The van der Waals surface area contributed by atoms with Crippen molar-refractivity contribution in [3.05, 3.63) is 53.9 Å². The van der Waals surface area contributed by atoms with Gasteiger partial charge in [0.05, 0.1) is 11.8 Å². The molecular weight excluding hydrogens is 226 g/mol. The fourth-order valence-electron chi connectivity index (χ4n) is 1.88. The zero-order valence-corrected chi connectivity index (χ0v) is 10.5. The number of aromatic amines is 1. The van der Waals surface area contributed by atoms with Gasteiger partial charge in [0.1, 0.15) is 0 Å². The second-order valence-corrected chi connectivity index (χ2v) is 4.20. The van der Waals surface area contributed by atoms with Crippen LogP contribution in [-0.4, -0.2) is 27.5 Å². The highest BCUT2D eigenvalue weighted by atomic mass is 16.2. The summed E-state index contributed by atoms with van der Waals surface area (Å²) in [6.45, 7) is 3.46. The lowest BCUT2D eigenvalue weighted by molar-refractivity contribution is 0.0743. The average molecular weight is 243 g/mol. The zero-order chi connectivity index (χ0) is 12.8. The first-order valence-corrected chi connectivity index (χ1v) is 6.13. The minimum absolute atomic E-state index is 0.0226. The molecule has 0 saturated carbocycles. The summed E-state index contributed by atoms with van der Waals surface area (Å²) in [5.74, 6) is 0.0226. The van der Waals surface area contributed by atoms with Crippen molar-refractivity contribution in [3.8, 4) is 0 Å². The summed E-state index contributed by atoms with van der Waals surface area (Å²) >= 11 is 0. The quantitative estimate of drug-likeness (QED) is 0.877. The van der Waals surface area contributed by atoms with Crippen LogP contribution < -0.4 is 0 Å². The number of hydrogen-bond donors (Lipinski definition) is 1. The fraction of sp³-hybridized carbons (Fsp3) is 0.286. The van der Waals surface area contributed by atoms with Gasteiger partial charge in [-0.15, -0.1) is 0 Å². The number of nitrogens with one attached hydrogen (secondary N) is 1. The van der Waals surface area contributed by atoms with Gasteiger partial charge in [-0.3, -0.25) is 9.89 Å². The van der Waals surface area contributed by atoms with Gasteiger partial charge >= 0.3 is 0 Å². The summed E-state index contributed by atoms with van der Waals surface area (Å²) in [6.07, 6.45) is 4.14. The van der Waals surface area contributed by atoms with E-state index in [-0.39, 0.29) is 5.91 Å². The van der Waals surface area contributed by atoms with Crippen LogP contribution in [0.2, 0.25) is 0 Å². The molecule has 2 aromatic rings. The van der Waals surface area contributed by atoms with E-state index >= 15 is 0 Å². The zero-order valence-electron chi connectivity index (χ0n) is 10.5. The van der Waals surface area contributed by atoms with Gasteiger partial charge in [0.2, 0.25) is 0 Å². The molecule has 0 fully saturated rings. The minimum atomic E-state index is 0.0226. The van der Waals surface area contributed by atoms with Crippen LogP contribution >= 0.6 is 0 Å². The molecule has 0 unspecified atom stereocenters. The van der Waals surface area contributed by atoms with Crippen molar-refractivity contribution in [2.45, 2.75) is 19.9 Å². The molecule has 94 valence electrons. The molecule has 1 aromatic heterocycles. The van der Waals surface area contributed by atoms with Crippen molar-refractivity contribution in [2.75, 3.05) is 6.54 Å². The first-order valence-electron chi connectivity index (χ1n) is 6.13. The van der Waals surface area contributed by atoms with Gasteiger partial charge in [-0.25, -0.2) is 0 Å². The van der Waals surface area contributed by atoms with Gasteiger partial charge in [-0.2, -0.15) is 5.10 Å². The number of nitrogens with zero attached hydrogens (tertiary/aromatic N) is 2. The van der Waals surface area contributed by atoms with Gasteiger partial charge < -0.3 is 4.90 Å². The second-order valence-electron chi connectivity index (χ2n) is 4.20. The largest absolute Gasteiger partial charge is 0.334 e. The van der Waals surface area contributed by atoms with Gasteiger partial charge in [0.25, 0.3) is 5.91 Å². The summed E-state index contributed by atoms with van der Waals surface area (Å²) in [6, 6.07) is 10.0. The van der Waals surface area contributed by atoms with Crippen molar-refractivity contribution in [1.29, 1.82) is 0 Å². The van der Waals surface area contributed by atoms with E-state index in [0.717, 1.165) is 18.5 Å². The van der Waals surface area contributed by atoms with Crippen LogP contribution in [0.1, 0.15) is 29.3 Å². The average Bonchev–Trinajstić information content (AvgIpc) is 2.92. The van der Waals surface area contributed by atoms with E-state index in [1.165, 1.54) is 0 Å². The summed E-state index contributed by atoms with van der Waals surface area (Å²) in [5.41, 5.74) is 1.75. The van der Waals surface area contributed by atoms with Crippen LogP contribution in [0.15, 0.2) is 42.7 Å². The minimum Gasteiger partial charge on any atom is -0.334 e. The molecule has 4 heteroatoms. The molecule has 1 aromatic carbocycles. The smallest absolute Gasteiger partial charge is 0.257 e. The number of carbonyl (C=O) groups is 1. The Kier molecular flexibility index (Phi) is 4.12. The maximum absolute atomic E-state index is 12.3. The molecular formula is C14H17N3O. The molecule has 0 bridgehead atoms. The molecule has 0 aliphatic heterocycles. The molecule has 0 spiro atoms. The lowest BCUT2D eigenvalue weighted by Gasteiger charge is -2.21. The van der Waals surface area contributed by atoms with E-state index in [1.807, 2.05) is 35.2 Å². The lowest BCUT2D eigenvalue weighted by Crippen LogP contribution is -2.31. The van der Waals surface area contributed by atoms with Crippen molar-refractivity contribution < 1.29 is 4.79 Å². The Bertz CT molecular complexity index is 479. The van der Waals surface area contributed by atoms with Crippen LogP contribution in [0.5, 0.6) is 0 Å². The number of H-pyrrole nitrogens is 1. The van der Waals surface area contributed by atoms with Crippen LogP contribution in [0.3, 0.4) is 0 Å². The molecule has 18 heavy (non-hydrogen) atoms. The van der Waals surface area contributed by atoms with Gasteiger partial charge in [-0.1, -0.05) is 37.3 Å². The molecule has 0 radical (unpaired) electrons. The van der Waals surface area contributed by atoms with Crippen molar-refractivity contribution in [3.63, 3.8) is 0 Å². The standard InChI is InChI=1S/C14H17N3O/c1-2-8-17(11-12-6-4-3-5-7-12)14(18)13-9-15-16-10-13/h3-7,9-10H,2,8,11H2,1H3,(H,15,16). The van der Waals surface area contributed by atoms with Gasteiger partial charge in [0.15, 0.2) is 0 Å². The van der Waals surface area contributed by atoms with Crippen molar-refractivity contribution in [2.24, 2.45) is 0 Å². The van der Waals surface area contributed by atoms with E-state index in [9.17, 15) is 4.79 Å². The van der Waals surface area contributed by atoms with Crippen LogP contribution in [0.25, 0.3) is 0 Å². The Labute approximate surface area is 107 Å². The Balaban J connectivity index is 2.11. The molecule has 1 heterocycles. The lowest BCUT2D eigenvalue weighted by atomic mass is 10.2. The van der Waals surface area contributed by atoms with Crippen LogP contribution in [-0.2, 0) is 6.54 Å². The molecule has 4 nitrogen and oxygen atoms in total. The monoisotopic (exact) mass is 243 g/mol. The summed E-state index contributed by atoms with van der Waals surface area (Å²) in [4.78, 5) is 14.1. The highest BCUT2D eigenvalue weighted by molar-refractivity contribution is 5.93. The normalized spacial score (nSPS) is 10.3. The van der Waals surface area contributed by atoms with E-state index < -0.39 is 0 Å². The van der Waals surface area contributed by atoms with E-state index in [2.05, 4.69) is 17.1 Å². The maximum Gasteiger partial charge on any atom is 0.257 e. The molecule has 0 saturated heterocycles. The van der Waals surface area contributed by atoms with Gasteiger partial charge in [-0.05, 0) is 12.0 Å². The number of carbonyl (C=O) groups excluding carboxylic acids is 1. The Morgan fingerprint density at radius 2 is 2.11 bits per heavy atom. The third-order valence-electron chi connectivity index (χ3n) is 2.74. The highest BCUT2D eigenvalue weighted by Gasteiger charge is 2.15. The van der Waals surface area contributed by atoms with E-state index in [0.29, 0.717) is 12.1 Å². The molecule has 2 rings (SSSR count). The first kappa shape index (κ1) is 12.4.